The van der Waals surface area contributed by atoms with Crippen molar-refractivity contribution in [1.29, 1.82) is 0 Å². The van der Waals surface area contributed by atoms with E-state index >= 15 is 0 Å². The maximum atomic E-state index is 4.11. The van der Waals surface area contributed by atoms with Crippen molar-refractivity contribution in [2.45, 2.75) is 25.8 Å². The second-order valence-corrected chi connectivity index (χ2v) is 2.50. The average molecular weight is 133 g/mol. The molecule has 1 unspecified atom stereocenters. The number of hydrogen-bond donors (Lipinski definition) is 2. The van der Waals surface area contributed by atoms with Gasteiger partial charge in [0.15, 0.2) is 0 Å². The van der Waals surface area contributed by atoms with Gasteiger partial charge in [0.1, 0.15) is 0 Å². The lowest BCUT2D eigenvalue weighted by molar-refractivity contribution is 0.560. The van der Waals surface area contributed by atoms with Crippen molar-refractivity contribution < 1.29 is 0 Å². The van der Waals surface area contributed by atoms with Gasteiger partial charge in [0.2, 0.25) is 0 Å². The van der Waals surface area contributed by atoms with E-state index < -0.39 is 0 Å². The molecule has 1 nitrogen and oxygen atoms in total. The van der Waals surface area contributed by atoms with Crippen molar-refractivity contribution in [3.05, 3.63) is 0 Å². The molecule has 0 spiro atoms. The molecular formula is C6H15NS. The maximum Gasteiger partial charge on any atom is 0.00360 e. The molecule has 0 rings (SSSR count). The first-order chi connectivity index (χ1) is 3.81. The van der Waals surface area contributed by atoms with E-state index in [-0.39, 0.29) is 0 Å². The van der Waals surface area contributed by atoms with Crippen molar-refractivity contribution in [1.82, 2.24) is 5.32 Å². The van der Waals surface area contributed by atoms with Crippen molar-refractivity contribution >= 4 is 12.6 Å². The minimum absolute atomic E-state index is 0.655. The Kier molecular flexibility index (Phi) is 5.66. The summed E-state index contributed by atoms with van der Waals surface area (Å²) in [6.07, 6.45) is 2.45. The van der Waals surface area contributed by atoms with Crippen LogP contribution in [-0.2, 0) is 0 Å². The largest absolute Gasteiger partial charge is 0.317 e. The molecule has 8 heavy (non-hydrogen) atoms. The van der Waals surface area contributed by atoms with Crippen LogP contribution in [0.4, 0.5) is 0 Å². The summed E-state index contributed by atoms with van der Waals surface area (Å²) in [7, 11) is 1.99. The Bertz CT molecular complexity index is 47.8. The van der Waals surface area contributed by atoms with Crippen LogP contribution in [0.15, 0.2) is 0 Å². The Labute approximate surface area is 57.3 Å². The molecule has 0 amide bonds. The van der Waals surface area contributed by atoms with Gasteiger partial charge < -0.3 is 5.32 Å². The molecule has 0 aliphatic rings. The summed E-state index contributed by atoms with van der Waals surface area (Å²) >= 11 is 4.11. The predicted molar refractivity (Wildman–Crippen MR) is 41.6 cm³/mol. The fourth-order valence-corrected chi connectivity index (χ4v) is 0.724. The lowest BCUT2D eigenvalue weighted by Gasteiger charge is -2.06. The molecule has 0 aromatic carbocycles. The molecule has 0 aromatic heterocycles. The van der Waals surface area contributed by atoms with Crippen molar-refractivity contribution in [3.63, 3.8) is 0 Å². The van der Waals surface area contributed by atoms with Gasteiger partial charge in [-0.05, 0) is 32.6 Å². The monoisotopic (exact) mass is 133 g/mol. The Morgan fingerprint density at radius 1 is 1.62 bits per heavy atom. The summed E-state index contributed by atoms with van der Waals surface area (Å²) in [5.41, 5.74) is 0. The van der Waals surface area contributed by atoms with Gasteiger partial charge >= 0.3 is 0 Å². The summed E-state index contributed by atoms with van der Waals surface area (Å²) in [5, 5.41) is 3.17. The number of nitrogens with one attached hydrogen (secondary N) is 1. The van der Waals surface area contributed by atoms with Crippen molar-refractivity contribution in [2.24, 2.45) is 0 Å². The van der Waals surface area contributed by atoms with E-state index in [1.807, 2.05) is 7.05 Å². The van der Waals surface area contributed by atoms with Crippen LogP contribution in [0.25, 0.3) is 0 Å². The van der Waals surface area contributed by atoms with Crippen LogP contribution in [0, 0.1) is 0 Å². The molecule has 0 fully saturated rings. The van der Waals surface area contributed by atoms with E-state index in [1.165, 1.54) is 12.8 Å². The lowest BCUT2D eigenvalue weighted by atomic mass is 10.2. The zero-order chi connectivity index (χ0) is 6.41. The lowest BCUT2D eigenvalue weighted by Crippen LogP contribution is -2.20. The first-order valence-electron chi connectivity index (χ1n) is 3.09. The fraction of sp³-hybridized carbons (Fsp3) is 1.00. The van der Waals surface area contributed by atoms with Gasteiger partial charge in [0.25, 0.3) is 0 Å². The fourth-order valence-electron chi connectivity index (χ4n) is 0.542. The molecule has 0 radical (unpaired) electrons. The quantitative estimate of drug-likeness (QED) is 0.551. The average Bonchev–Trinajstić information content (AvgIpc) is 1.83. The number of thiol groups is 1. The summed E-state index contributed by atoms with van der Waals surface area (Å²) in [5.74, 6) is 1.01. The molecule has 0 aliphatic heterocycles. The Morgan fingerprint density at radius 3 is 2.62 bits per heavy atom. The molecule has 2 heteroatoms. The van der Waals surface area contributed by atoms with E-state index in [2.05, 4.69) is 24.9 Å². The molecule has 0 aromatic rings. The van der Waals surface area contributed by atoms with E-state index in [0.717, 1.165) is 5.75 Å². The second-order valence-electron chi connectivity index (χ2n) is 2.06. The predicted octanol–water partition coefficient (Wildman–Crippen LogP) is 1.30. The minimum atomic E-state index is 0.655. The molecule has 0 heterocycles. The van der Waals surface area contributed by atoms with Crippen molar-refractivity contribution in [3.8, 4) is 0 Å². The van der Waals surface area contributed by atoms with Gasteiger partial charge in [-0.1, -0.05) is 0 Å². The molecule has 0 saturated carbocycles. The highest BCUT2D eigenvalue weighted by Crippen LogP contribution is 1.95. The van der Waals surface area contributed by atoms with Gasteiger partial charge in [-0.15, -0.1) is 0 Å². The van der Waals surface area contributed by atoms with E-state index in [1.54, 1.807) is 0 Å². The minimum Gasteiger partial charge on any atom is -0.317 e. The molecule has 1 atom stereocenters. The number of hydrogen-bond acceptors (Lipinski definition) is 2. The van der Waals surface area contributed by atoms with Gasteiger partial charge in [-0.3, -0.25) is 0 Å². The normalized spacial score (nSPS) is 13.9. The van der Waals surface area contributed by atoms with Gasteiger partial charge in [-0.25, -0.2) is 0 Å². The van der Waals surface area contributed by atoms with Gasteiger partial charge in [0.05, 0.1) is 0 Å². The molecule has 0 bridgehead atoms. The van der Waals surface area contributed by atoms with Gasteiger partial charge in [-0.2, -0.15) is 12.6 Å². The highest BCUT2D eigenvalue weighted by molar-refractivity contribution is 7.80. The smallest absolute Gasteiger partial charge is 0.00360 e. The maximum absolute atomic E-state index is 4.11. The third kappa shape index (κ3) is 4.47. The highest BCUT2D eigenvalue weighted by Gasteiger charge is 1.93. The highest BCUT2D eigenvalue weighted by atomic mass is 32.1. The summed E-state index contributed by atoms with van der Waals surface area (Å²) in [4.78, 5) is 0. The standard InChI is InChI=1S/C6H15NS/c1-6(7-2)4-3-5-8/h6-8H,3-5H2,1-2H3. The molecule has 0 saturated heterocycles. The van der Waals surface area contributed by atoms with Gasteiger partial charge in [0, 0.05) is 6.04 Å². The summed E-state index contributed by atoms with van der Waals surface area (Å²) in [6, 6.07) is 0.655. The molecule has 1 N–H and O–H groups in total. The van der Waals surface area contributed by atoms with Crippen LogP contribution in [0.2, 0.25) is 0 Å². The molecule has 50 valence electrons. The topological polar surface area (TPSA) is 12.0 Å². The van der Waals surface area contributed by atoms with Crippen LogP contribution in [0.3, 0.4) is 0 Å². The Morgan fingerprint density at radius 2 is 2.25 bits per heavy atom. The second kappa shape index (κ2) is 5.45. The first kappa shape index (κ1) is 8.31. The van der Waals surface area contributed by atoms with Crippen LogP contribution in [-0.4, -0.2) is 18.8 Å². The van der Waals surface area contributed by atoms with E-state index in [0.29, 0.717) is 6.04 Å². The summed E-state index contributed by atoms with van der Waals surface area (Å²) in [6.45, 7) is 2.18. The molecular weight excluding hydrogens is 118 g/mol. The van der Waals surface area contributed by atoms with Crippen LogP contribution in [0.5, 0.6) is 0 Å². The number of rotatable bonds is 4. The Hall–Kier alpha value is 0.310. The third-order valence-corrected chi connectivity index (χ3v) is 1.60. The Balaban J connectivity index is 2.86. The molecule has 0 aliphatic carbocycles. The van der Waals surface area contributed by atoms with Crippen LogP contribution < -0.4 is 5.32 Å². The SMILES string of the molecule is CNC(C)CCCS. The van der Waals surface area contributed by atoms with E-state index in [4.69, 9.17) is 0 Å². The third-order valence-electron chi connectivity index (χ3n) is 1.29. The zero-order valence-corrected chi connectivity index (χ0v) is 6.54. The zero-order valence-electron chi connectivity index (χ0n) is 5.65. The van der Waals surface area contributed by atoms with Crippen LogP contribution in [0.1, 0.15) is 19.8 Å². The van der Waals surface area contributed by atoms with Crippen molar-refractivity contribution in [2.75, 3.05) is 12.8 Å². The van der Waals surface area contributed by atoms with Crippen LogP contribution >= 0.6 is 12.6 Å². The summed E-state index contributed by atoms with van der Waals surface area (Å²) < 4.78 is 0. The first-order valence-corrected chi connectivity index (χ1v) is 3.72. The van der Waals surface area contributed by atoms with E-state index in [9.17, 15) is 0 Å².